The third kappa shape index (κ3) is 3.93. The number of nitrogens with zero attached hydrogens (tertiary/aromatic N) is 2. The number of nitrogens with one attached hydrogen (secondary N) is 1. The third-order valence-corrected chi connectivity index (χ3v) is 2.79. The number of benzene rings is 1. The molecule has 20 heavy (non-hydrogen) atoms. The zero-order valence-electron chi connectivity index (χ0n) is 12.0. The number of rotatable bonds is 6. The van der Waals surface area contributed by atoms with Crippen molar-refractivity contribution in [3.63, 3.8) is 0 Å². The average molecular weight is 273 g/mol. The SMILES string of the molecule is CNc1cc(C)nc(COCc2cccc(OC)c2)n1. The standard InChI is InChI=1S/C15H19N3O2/c1-11-7-14(16-2)18-15(17-11)10-20-9-12-5-4-6-13(8-12)19-3/h4-8H,9-10H2,1-3H3,(H,16,17,18). The van der Waals surface area contributed by atoms with Crippen molar-refractivity contribution in [3.05, 3.63) is 47.4 Å². The molecule has 1 aromatic heterocycles. The summed E-state index contributed by atoms with van der Waals surface area (Å²) in [6.07, 6.45) is 0. The average Bonchev–Trinajstić information content (AvgIpc) is 2.47. The number of hydrogen-bond acceptors (Lipinski definition) is 5. The molecule has 0 unspecified atom stereocenters. The van der Waals surface area contributed by atoms with Gasteiger partial charge in [-0.15, -0.1) is 0 Å². The molecule has 0 radical (unpaired) electrons. The smallest absolute Gasteiger partial charge is 0.156 e. The Labute approximate surface area is 119 Å². The lowest BCUT2D eigenvalue weighted by molar-refractivity contribution is 0.101. The summed E-state index contributed by atoms with van der Waals surface area (Å²) >= 11 is 0. The highest BCUT2D eigenvalue weighted by Gasteiger charge is 2.02. The summed E-state index contributed by atoms with van der Waals surface area (Å²) in [5.41, 5.74) is 1.98. The van der Waals surface area contributed by atoms with Crippen LogP contribution in [0, 0.1) is 6.92 Å². The molecule has 0 amide bonds. The Morgan fingerprint density at radius 1 is 1.15 bits per heavy atom. The first-order valence-electron chi connectivity index (χ1n) is 6.44. The maximum atomic E-state index is 5.65. The molecule has 0 fully saturated rings. The molecule has 0 aliphatic carbocycles. The van der Waals surface area contributed by atoms with Gasteiger partial charge in [-0.05, 0) is 24.6 Å². The first-order chi connectivity index (χ1) is 9.71. The Bertz CT molecular complexity index is 573. The first kappa shape index (κ1) is 14.3. The molecule has 0 bridgehead atoms. The zero-order chi connectivity index (χ0) is 14.4. The van der Waals surface area contributed by atoms with Gasteiger partial charge in [0.05, 0.1) is 13.7 Å². The molecule has 1 N–H and O–H groups in total. The molecule has 0 aliphatic rings. The van der Waals surface area contributed by atoms with Crippen LogP contribution in [0.4, 0.5) is 5.82 Å². The van der Waals surface area contributed by atoms with Crippen molar-refractivity contribution >= 4 is 5.82 Å². The minimum absolute atomic E-state index is 0.383. The molecule has 5 nitrogen and oxygen atoms in total. The van der Waals surface area contributed by atoms with Crippen LogP contribution in [0.3, 0.4) is 0 Å². The largest absolute Gasteiger partial charge is 0.497 e. The van der Waals surface area contributed by atoms with E-state index in [9.17, 15) is 0 Å². The van der Waals surface area contributed by atoms with Crippen LogP contribution in [-0.4, -0.2) is 24.1 Å². The molecule has 0 saturated carbocycles. The highest BCUT2D eigenvalue weighted by Crippen LogP contribution is 2.14. The van der Waals surface area contributed by atoms with Crippen molar-refractivity contribution in [2.24, 2.45) is 0 Å². The number of methoxy groups -OCH3 is 1. The van der Waals surface area contributed by atoms with E-state index in [0.717, 1.165) is 22.8 Å². The Hall–Kier alpha value is -2.14. The van der Waals surface area contributed by atoms with Crippen molar-refractivity contribution in [1.82, 2.24) is 9.97 Å². The summed E-state index contributed by atoms with van der Waals surface area (Å²) in [7, 11) is 3.49. The van der Waals surface area contributed by atoms with Crippen molar-refractivity contribution in [2.45, 2.75) is 20.1 Å². The molecular weight excluding hydrogens is 254 g/mol. The fraction of sp³-hybridized carbons (Fsp3) is 0.333. The maximum Gasteiger partial charge on any atom is 0.156 e. The van der Waals surface area contributed by atoms with Gasteiger partial charge >= 0.3 is 0 Å². The van der Waals surface area contributed by atoms with E-state index >= 15 is 0 Å². The number of anilines is 1. The lowest BCUT2D eigenvalue weighted by Crippen LogP contribution is -2.04. The van der Waals surface area contributed by atoms with E-state index in [0.29, 0.717) is 19.0 Å². The Morgan fingerprint density at radius 3 is 2.75 bits per heavy atom. The van der Waals surface area contributed by atoms with Crippen LogP contribution in [0.2, 0.25) is 0 Å². The lowest BCUT2D eigenvalue weighted by Gasteiger charge is -2.07. The van der Waals surface area contributed by atoms with Gasteiger partial charge in [0.2, 0.25) is 0 Å². The Balaban J connectivity index is 1.93. The summed E-state index contributed by atoms with van der Waals surface area (Å²) in [5.74, 6) is 2.31. The second-order valence-corrected chi connectivity index (χ2v) is 4.41. The monoisotopic (exact) mass is 273 g/mol. The van der Waals surface area contributed by atoms with E-state index in [1.807, 2.05) is 44.3 Å². The molecule has 0 spiro atoms. The number of hydrogen-bond donors (Lipinski definition) is 1. The minimum Gasteiger partial charge on any atom is -0.497 e. The van der Waals surface area contributed by atoms with E-state index in [1.54, 1.807) is 7.11 Å². The van der Waals surface area contributed by atoms with Crippen molar-refractivity contribution in [2.75, 3.05) is 19.5 Å². The molecule has 1 heterocycles. The Morgan fingerprint density at radius 2 is 2.00 bits per heavy atom. The van der Waals surface area contributed by atoms with Gasteiger partial charge in [-0.1, -0.05) is 12.1 Å². The Kier molecular flexibility index (Phi) is 4.90. The van der Waals surface area contributed by atoms with Crippen LogP contribution in [-0.2, 0) is 18.0 Å². The highest BCUT2D eigenvalue weighted by atomic mass is 16.5. The van der Waals surface area contributed by atoms with Gasteiger partial charge in [0.1, 0.15) is 18.2 Å². The second kappa shape index (κ2) is 6.86. The van der Waals surface area contributed by atoms with E-state index in [-0.39, 0.29) is 0 Å². The molecule has 0 saturated heterocycles. The van der Waals surface area contributed by atoms with E-state index < -0.39 is 0 Å². The molecule has 5 heteroatoms. The van der Waals surface area contributed by atoms with Crippen LogP contribution in [0.15, 0.2) is 30.3 Å². The van der Waals surface area contributed by atoms with Crippen LogP contribution in [0.1, 0.15) is 17.1 Å². The predicted molar refractivity (Wildman–Crippen MR) is 77.8 cm³/mol. The maximum absolute atomic E-state index is 5.65. The fourth-order valence-electron chi connectivity index (χ4n) is 1.85. The predicted octanol–water partition coefficient (Wildman–Crippen LogP) is 2.55. The second-order valence-electron chi connectivity index (χ2n) is 4.41. The summed E-state index contributed by atoms with van der Waals surface area (Å²) in [5, 5.41) is 3.01. The van der Waals surface area contributed by atoms with E-state index in [2.05, 4.69) is 15.3 Å². The summed E-state index contributed by atoms with van der Waals surface area (Å²) < 4.78 is 10.8. The van der Waals surface area contributed by atoms with Gasteiger partial charge < -0.3 is 14.8 Å². The summed E-state index contributed by atoms with van der Waals surface area (Å²) in [6, 6.07) is 9.70. The van der Waals surface area contributed by atoms with Crippen LogP contribution in [0.25, 0.3) is 0 Å². The summed E-state index contributed by atoms with van der Waals surface area (Å²) in [4.78, 5) is 8.69. The molecule has 0 aliphatic heterocycles. The van der Waals surface area contributed by atoms with Gasteiger partial charge in [0, 0.05) is 18.8 Å². The molecule has 1 aromatic carbocycles. The third-order valence-electron chi connectivity index (χ3n) is 2.79. The van der Waals surface area contributed by atoms with Crippen molar-refractivity contribution in [1.29, 1.82) is 0 Å². The number of ether oxygens (including phenoxy) is 2. The van der Waals surface area contributed by atoms with Crippen LogP contribution < -0.4 is 10.1 Å². The highest BCUT2D eigenvalue weighted by molar-refractivity contribution is 5.34. The van der Waals surface area contributed by atoms with Gasteiger partial charge in [-0.2, -0.15) is 0 Å². The number of aromatic nitrogens is 2. The first-order valence-corrected chi connectivity index (χ1v) is 6.44. The molecular formula is C15H19N3O2. The molecule has 106 valence electrons. The lowest BCUT2D eigenvalue weighted by atomic mass is 10.2. The van der Waals surface area contributed by atoms with Gasteiger partial charge in [0.25, 0.3) is 0 Å². The quantitative estimate of drug-likeness (QED) is 0.876. The zero-order valence-corrected chi connectivity index (χ0v) is 12.0. The minimum atomic E-state index is 0.383. The molecule has 0 atom stereocenters. The van der Waals surface area contributed by atoms with Gasteiger partial charge in [-0.3, -0.25) is 0 Å². The van der Waals surface area contributed by atoms with Gasteiger partial charge in [-0.25, -0.2) is 9.97 Å². The molecule has 2 aromatic rings. The van der Waals surface area contributed by atoms with E-state index in [4.69, 9.17) is 9.47 Å². The van der Waals surface area contributed by atoms with Crippen LogP contribution >= 0.6 is 0 Å². The summed E-state index contributed by atoms with van der Waals surface area (Å²) in [6.45, 7) is 2.82. The van der Waals surface area contributed by atoms with Crippen molar-refractivity contribution < 1.29 is 9.47 Å². The van der Waals surface area contributed by atoms with E-state index in [1.165, 1.54) is 0 Å². The molecule has 2 rings (SSSR count). The van der Waals surface area contributed by atoms with Crippen molar-refractivity contribution in [3.8, 4) is 5.75 Å². The fourth-order valence-corrected chi connectivity index (χ4v) is 1.85. The number of aryl methyl sites for hydroxylation is 1. The van der Waals surface area contributed by atoms with Crippen LogP contribution in [0.5, 0.6) is 5.75 Å². The normalized spacial score (nSPS) is 10.3. The van der Waals surface area contributed by atoms with Gasteiger partial charge in [0.15, 0.2) is 5.82 Å². The topological polar surface area (TPSA) is 56.3 Å².